The number of morpholine rings is 1. The van der Waals surface area contributed by atoms with E-state index < -0.39 is 0 Å². The van der Waals surface area contributed by atoms with Gasteiger partial charge in [-0.1, -0.05) is 6.07 Å². The number of benzene rings is 1. The summed E-state index contributed by atoms with van der Waals surface area (Å²) in [7, 11) is 0. The molecule has 9 nitrogen and oxygen atoms in total. The highest BCUT2D eigenvalue weighted by molar-refractivity contribution is 7.80. The van der Waals surface area contributed by atoms with E-state index in [4.69, 9.17) is 17.0 Å². The summed E-state index contributed by atoms with van der Waals surface area (Å²) >= 11 is 5.93. The summed E-state index contributed by atoms with van der Waals surface area (Å²) in [5, 5.41) is 12.2. The molecule has 10 heteroatoms. The zero-order chi connectivity index (χ0) is 24.6. The van der Waals surface area contributed by atoms with E-state index in [0.717, 1.165) is 49.1 Å². The molecule has 1 aromatic carbocycles. The van der Waals surface area contributed by atoms with Gasteiger partial charge in [-0.05, 0) is 68.5 Å². The Bertz CT molecular complexity index is 1350. The molecule has 2 saturated heterocycles. The third kappa shape index (κ3) is 3.92. The molecule has 2 fully saturated rings. The number of anilines is 2. The molecule has 0 spiro atoms. The maximum absolute atomic E-state index is 5.93. The Balaban J connectivity index is 1.43. The van der Waals surface area contributed by atoms with E-state index in [9.17, 15) is 0 Å². The predicted molar refractivity (Wildman–Crippen MR) is 142 cm³/mol. The molecular weight excluding hydrogens is 472 g/mol. The smallest absolute Gasteiger partial charge is 0.174 e. The van der Waals surface area contributed by atoms with Crippen LogP contribution in [0.2, 0.25) is 0 Å². The second-order valence-corrected chi connectivity index (χ2v) is 9.48. The monoisotopic (exact) mass is 500 g/mol. The van der Waals surface area contributed by atoms with E-state index >= 15 is 0 Å². The van der Waals surface area contributed by atoms with Crippen LogP contribution in [0.3, 0.4) is 0 Å². The Morgan fingerprint density at radius 1 is 0.972 bits per heavy atom. The van der Waals surface area contributed by atoms with E-state index in [0.29, 0.717) is 5.11 Å². The lowest BCUT2D eigenvalue weighted by Crippen LogP contribution is -2.36. The number of thiocarbonyl (C=S) groups is 1. The first-order chi connectivity index (χ1) is 17.6. The van der Waals surface area contributed by atoms with E-state index in [2.05, 4.69) is 85.2 Å². The van der Waals surface area contributed by atoms with Gasteiger partial charge >= 0.3 is 0 Å². The molecule has 6 rings (SSSR count). The van der Waals surface area contributed by atoms with Crippen molar-refractivity contribution in [2.75, 3.05) is 36.1 Å². The number of ether oxygens (including phenoxy) is 1. The van der Waals surface area contributed by atoms with Crippen molar-refractivity contribution >= 4 is 28.7 Å². The van der Waals surface area contributed by atoms with Crippen LogP contribution in [-0.4, -0.2) is 55.9 Å². The van der Waals surface area contributed by atoms with Crippen LogP contribution >= 0.6 is 12.2 Å². The summed E-state index contributed by atoms with van der Waals surface area (Å²) in [4.78, 5) is 9.26. The molecule has 36 heavy (non-hydrogen) atoms. The first kappa shape index (κ1) is 22.7. The number of rotatable bonds is 5. The number of nitrogens with one attached hydrogen (secondary N) is 1. The molecule has 4 aromatic rings. The summed E-state index contributed by atoms with van der Waals surface area (Å²) in [5.74, 6) is 0. The molecule has 0 saturated carbocycles. The SMILES string of the molecule is Cc1cc([C@@H]2[C@H](c3ccccn3)NC(=S)N2c2ccc(N3CCOCC3)cc2)c(C)n1-n1cnnc1. The zero-order valence-corrected chi connectivity index (χ0v) is 21.1. The van der Waals surface area contributed by atoms with Gasteiger partial charge in [0.2, 0.25) is 0 Å². The Morgan fingerprint density at radius 2 is 1.69 bits per heavy atom. The van der Waals surface area contributed by atoms with Gasteiger partial charge in [-0.3, -0.25) is 9.66 Å². The molecule has 2 atom stereocenters. The van der Waals surface area contributed by atoms with Crippen molar-refractivity contribution in [3.8, 4) is 0 Å². The van der Waals surface area contributed by atoms with Gasteiger partial charge in [-0.15, -0.1) is 10.2 Å². The van der Waals surface area contributed by atoms with Gasteiger partial charge in [0.1, 0.15) is 12.7 Å². The van der Waals surface area contributed by atoms with Crippen molar-refractivity contribution in [1.82, 2.24) is 29.9 Å². The minimum Gasteiger partial charge on any atom is -0.378 e. The van der Waals surface area contributed by atoms with Crippen LogP contribution < -0.4 is 15.1 Å². The Kier molecular flexibility index (Phi) is 5.90. The molecule has 2 aliphatic rings. The molecule has 0 aliphatic carbocycles. The first-order valence-electron chi connectivity index (χ1n) is 12.1. The second-order valence-electron chi connectivity index (χ2n) is 9.09. The predicted octanol–water partition coefficient (Wildman–Crippen LogP) is 3.42. The normalized spacial score (nSPS) is 20.1. The quantitative estimate of drug-likeness (QED) is 0.418. The third-order valence-corrected chi connectivity index (χ3v) is 7.31. The van der Waals surface area contributed by atoms with Gasteiger partial charge in [0.15, 0.2) is 5.11 Å². The topological polar surface area (TPSA) is 76.3 Å². The Hall–Kier alpha value is -3.76. The van der Waals surface area contributed by atoms with Crippen molar-refractivity contribution < 1.29 is 4.74 Å². The van der Waals surface area contributed by atoms with E-state index in [-0.39, 0.29) is 12.1 Å². The summed E-state index contributed by atoms with van der Waals surface area (Å²) in [6, 6.07) is 16.7. The average molecular weight is 501 g/mol. The minimum atomic E-state index is -0.104. The fourth-order valence-electron chi connectivity index (χ4n) is 5.33. The fraction of sp³-hybridized carbons (Fsp3) is 0.308. The van der Waals surface area contributed by atoms with Crippen LogP contribution in [0.15, 0.2) is 67.4 Å². The van der Waals surface area contributed by atoms with Gasteiger partial charge in [0.05, 0.1) is 31.0 Å². The van der Waals surface area contributed by atoms with Crippen LogP contribution in [-0.2, 0) is 4.74 Å². The molecule has 3 aromatic heterocycles. The summed E-state index contributed by atoms with van der Waals surface area (Å²) < 4.78 is 9.53. The van der Waals surface area contributed by atoms with E-state index in [1.165, 1.54) is 11.3 Å². The molecule has 0 amide bonds. The summed E-state index contributed by atoms with van der Waals surface area (Å²) in [5.41, 5.74) is 6.54. The van der Waals surface area contributed by atoms with Gasteiger partial charge in [0, 0.05) is 47.6 Å². The number of aromatic nitrogens is 5. The lowest BCUT2D eigenvalue weighted by Gasteiger charge is -2.31. The number of hydrogen-bond donors (Lipinski definition) is 1. The van der Waals surface area contributed by atoms with E-state index in [1.807, 2.05) is 23.0 Å². The fourth-order valence-corrected chi connectivity index (χ4v) is 5.67. The lowest BCUT2D eigenvalue weighted by molar-refractivity contribution is 0.122. The molecule has 5 heterocycles. The number of hydrogen-bond acceptors (Lipinski definition) is 6. The van der Waals surface area contributed by atoms with E-state index in [1.54, 1.807) is 12.7 Å². The highest BCUT2D eigenvalue weighted by Crippen LogP contribution is 2.43. The molecule has 1 N–H and O–H groups in total. The van der Waals surface area contributed by atoms with Crippen molar-refractivity contribution in [3.63, 3.8) is 0 Å². The van der Waals surface area contributed by atoms with Crippen molar-refractivity contribution in [2.24, 2.45) is 0 Å². The maximum atomic E-state index is 5.93. The lowest BCUT2D eigenvalue weighted by atomic mass is 9.96. The molecule has 0 bridgehead atoms. The van der Waals surface area contributed by atoms with Gasteiger partial charge in [-0.2, -0.15) is 0 Å². The summed E-state index contributed by atoms with van der Waals surface area (Å²) in [6.07, 6.45) is 5.25. The molecular formula is C26H28N8OS. The Morgan fingerprint density at radius 3 is 2.39 bits per heavy atom. The van der Waals surface area contributed by atoms with Crippen molar-refractivity contribution in [2.45, 2.75) is 25.9 Å². The van der Waals surface area contributed by atoms with Crippen molar-refractivity contribution in [3.05, 3.63) is 90.0 Å². The largest absolute Gasteiger partial charge is 0.378 e. The average Bonchev–Trinajstić information content (AvgIpc) is 3.63. The molecule has 0 unspecified atom stereocenters. The number of aryl methyl sites for hydroxylation is 1. The van der Waals surface area contributed by atoms with Crippen LogP contribution in [0, 0.1) is 13.8 Å². The second kappa shape index (κ2) is 9.36. The first-order valence-corrected chi connectivity index (χ1v) is 12.5. The Labute approximate surface area is 215 Å². The van der Waals surface area contributed by atoms with Gasteiger partial charge in [-0.25, -0.2) is 4.68 Å². The highest BCUT2D eigenvalue weighted by Gasteiger charge is 2.42. The van der Waals surface area contributed by atoms with Gasteiger partial charge < -0.3 is 19.9 Å². The third-order valence-electron chi connectivity index (χ3n) is 6.99. The highest BCUT2D eigenvalue weighted by atomic mass is 32.1. The number of pyridine rings is 1. The van der Waals surface area contributed by atoms with Crippen LogP contribution in [0.4, 0.5) is 11.4 Å². The molecule has 0 radical (unpaired) electrons. The van der Waals surface area contributed by atoms with Crippen LogP contribution in [0.5, 0.6) is 0 Å². The summed E-state index contributed by atoms with van der Waals surface area (Å²) in [6.45, 7) is 7.55. The maximum Gasteiger partial charge on any atom is 0.174 e. The number of nitrogens with zero attached hydrogens (tertiary/aromatic N) is 7. The van der Waals surface area contributed by atoms with Crippen LogP contribution in [0.25, 0.3) is 0 Å². The standard InChI is InChI=1S/C26H28N8OS/c1-18-15-22(19(2)34(18)32-16-28-29-17-32)25-24(23-5-3-4-10-27-23)30-26(36)33(25)21-8-6-20(7-9-21)31-11-13-35-14-12-31/h3-10,15-17,24-25H,11-14H2,1-2H3,(H,30,36)/t24-,25+/m0/s1. The zero-order valence-electron chi connectivity index (χ0n) is 20.3. The minimum absolute atomic E-state index is 0.0851. The molecule has 2 aliphatic heterocycles. The van der Waals surface area contributed by atoms with Crippen molar-refractivity contribution in [1.29, 1.82) is 0 Å². The molecule has 184 valence electrons. The van der Waals surface area contributed by atoms with Gasteiger partial charge in [0.25, 0.3) is 0 Å². The van der Waals surface area contributed by atoms with Crippen LogP contribution in [0.1, 0.15) is 34.7 Å².